The van der Waals surface area contributed by atoms with E-state index in [1.54, 1.807) is 6.26 Å². The number of aryl methyl sites for hydroxylation is 1. The van der Waals surface area contributed by atoms with Crippen molar-refractivity contribution in [3.63, 3.8) is 0 Å². The number of hydrogen-bond acceptors (Lipinski definition) is 4. The molecule has 2 aromatic rings. The fourth-order valence-electron chi connectivity index (χ4n) is 3.30. The zero-order chi connectivity index (χ0) is 16.4. The summed E-state index contributed by atoms with van der Waals surface area (Å²) in [5.74, 6) is 0.894. The van der Waals surface area contributed by atoms with Crippen LogP contribution in [-0.2, 0) is 6.54 Å². The molecule has 1 N–H and O–H groups in total. The van der Waals surface area contributed by atoms with Crippen molar-refractivity contribution in [2.75, 3.05) is 36.4 Å². The van der Waals surface area contributed by atoms with Crippen molar-refractivity contribution in [1.29, 1.82) is 0 Å². The van der Waals surface area contributed by atoms with Gasteiger partial charge in [-0.05, 0) is 36.8 Å². The van der Waals surface area contributed by atoms with Crippen molar-refractivity contribution in [3.8, 4) is 5.75 Å². The number of piperazine rings is 1. The van der Waals surface area contributed by atoms with Crippen LogP contribution in [0.25, 0.3) is 0 Å². The predicted octanol–water partition coefficient (Wildman–Crippen LogP) is 3.59. The number of rotatable bonds is 3. The van der Waals surface area contributed by atoms with Gasteiger partial charge in [0, 0.05) is 44.6 Å². The highest BCUT2D eigenvalue weighted by atomic mass is 16.5. The summed E-state index contributed by atoms with van der Waals surface area (Å²) in [4.78, 5) is 4.99. The van der Waals surface area contributed by atoms with Crippen molar-refractivity contribution in [3.05, 3.63) is 66.1 Å². The summed E-state index contributed by atoms with van der Waals surface area (Å²) >= 11 is 0. The lowest BCUT2D eigenvalue weighted by Gasteiger charge is -2.36. The van der Waals surface area contributed by atoms with Gasteiger partial charge in [0.15, 0.2) is 0 Å². The van der Waals surface area contributed by atoms with Crippen molar-refractivity contribution >= 4 is 11.4 Å². The number of hydrogen-bond donors (Lipinski definition) is 1. The van der Waals surface area contributed by atoms with Crippen LogP contribution in [0.1, 0.15) is 11.1 Å². The largest absolute Gasteiger partial charge is 0.461 e. The van der Waals surface area contributed by atoms with E-state index in [1.807, 2.05) is 12.3 Å². The fraction of sp³-hybridized carbons (Fsp3) is 0.300. The molecule has 4 heteroatoms. The number of ether oxygens (including phenoxy) is 1. The lowest BCUT2D eigenvalue weighted by Crippen LogP contribution is -2.45. The van der Waals surface area contributed by atoms with Crippen molar-refractivity contribution in [1.82, 2.24) is 4.90 Å². The first-order valence-electron chi connectivity index (χ1n) is 8.53. The molecule has 4 rings (SSSR count). The smallest absolute Gasteiger partial charge is 0.150 e. The third-order valence-corrected chi connectivity index (χ3v) is 4.72. The normalized spacial score (nSPS) is 17.1. The molecule has 24 heavy (non-hydrogen) atoms. The Morgan fingerprint density at radius 2 is 1.79 bits per heavy atom. The zero-order valence-corrected chi connectivity index (χ0v) is 14.0. The van der Waals surface area contributed by atoms with Crippen molar-refractivity contribution < 1.29 is 4.74 Å². The number of nitrogens with one attached hydrogen (secondary N) is 1. The second kappa shape index (κ2) is 6.57. The highest BCUT2D eigenvalue weighted by molar-refractivity contribution is 5.61. The number of anilines is 2. The molecule has 0 bridgehead atoms. The van der Waals surface area contributed by atoms with E-state index in [9.17, 15) is 0 Å². The van der Waals surface area contributed by atoms with Gasteiger partial charge < -0.3 is 15.0 Å². The maximum atomic E-state index is 5.48. The molecule has 0 aliphatic carbocycles. The Morgan fingerprint density at radius 3 is 2.58 bits per heavy atom. The monoisotopic (exact) mass is 321 g/mol. The summed E-state index contributed by atoms with van der Waals surface area (Å²) in [6, 6.07) is 15.2. The molecule has 2 aliphatic heterocycles. The minimum Gasteiger partial charge on any atom is -0.461 e. The number of fused-ring (bicyclic) bond motifs is 1. The number of benzene rings is 2. The Balaban J connectivity index is 1.36. The van der Waals surface area contributed by atoms with Crippen molar-refractivity contribution in [2.45, 2.75) is 13.5 Å². The van der Waals surface area contributed by atoms with Gasteiger partial charge in [-0.3, -0.25) is 4.90 Å². The van der Waals surface area contributed by atoms with Gasteiger partial charge in [-0.25, -0.2) is 0 Å². The summed E-state index contributed by atoms with van der Waals surface area (Å²) in [6.45, 7) is 7.47. The van der Waals surface area contributed by atoms with E-state index in [0.717, 1.165) is 44.2 Å². The third kappa shape index (κ3) is 3.24. The molecular formula is C20H23N3O. The molecule has 2 aromatic carbocycles. The summed E-state index contributed by atoms with van der Waals surface area (Å²) in [6.07, 6.45) is 3.50. The molecule has 2 heterocycles. The second-order valence-corrected chi connectivity index (χ2v) is 6.49. The van der Waals surface area contributed by atoms with Gasteiger partial charge in [0.2, 0.25) is 0 Å². The minimum absolute atomic E-state index is 0.894. The lowest BCUT2D eigenvalue weighted by molar-refractivity contribution is 0.250. The van der Waals surface area contributed by atoms with E-state index in [2.05, 4.69) is 58.4 Å². The van der Waals surface area contributed by atoms with Gasteiger partial charge in [0.25, 0.3) is 0 Å². The van der Waals surface area contributed by atoms with E-state index >= 15 is 0 Å². The molecule has 0 saturated carbocycles. The van der Waals surface area contributed by atoms with Crippen LogP contribution >= 0.6 is 0 Å². The van der Waals surface area contributed by atoms with Crippen LogP contribution in [0.4, 0.5) is 11.4 Å². The Kier molecular flexibility index (Phi) is 4.13. The highest BCUT2D eigenvalue weighted by Crippen LogP contribution is 2.29. The number of nitrogens with zero attached hydrogens (tertiary/aromatic N) is 2. The zero-order valence-electron chi connectivity index (χ0n) is 14.0. The predicted molar refractivity (Wildman–Crippen MR) is 98.5 cm³/mol. The van der Waals surface area contributed by atoms with Gasteiger partial charge in [-0.2, -0.15) is 0 Å². The highest BCUT2D eigenvalue weighted by Gasteiger charge is 2.18. The summed E-state index contributed by atoms with van der Waals surface area (Å²) in [7, 11) is 0. The van der Waals surface area contributed by atoms with E-state index in [-0.39, 0.29) is 0 Å². The van der Waals surface area contributed by atoms with Crippen LogP contribution in [0.3, 0.4) is 0 Å². The van der Waals surface area contributed by atoms with Gasteiger partial charge in [-0.1, -0.05) is 23.8 Å². The Morgan fingerprint density at radius 1 is 1.00 bits per heavy atom. The maximum Gasteiger partial charge on any atom is 0.150 e. The molecule has 0 aromatic heterocycles. The minimum atomic E-state index is 0.894. The SMILES string of the molecule is Cc1ccc(N2CCN(Cc3ccc4c(c3)NC=CO4)CC2)cc1. The molecule has 124 valence electrons. The van der Waals surface area contributed by atoms with E-state index in [1.165, 1.54) is 16.8 Å². The molecule has 0 atom stereocenters. The topological polar surface area (TPSA) is 27.7 Å². The Hall–Kier alpha value is -2.46. The fourth-order valence-corrected chi connectivity index (χ4v) is 3.30. The van der Waals surface area contributed by atoms with Gasteiger partial charge in [0.1, 0.15) is 12.0 Å². The van der Waals surface area contributed by atoms with Gasteiger partial charge in [-0.15, -0.1) is 0 Å². The molecule has 4 nitrogen and oxygen atoms in total. The second-order valence-electron chi connectivity index (χ2n) is 6.49. The van der Waals surface area contributed by atoms with Crippen LogP contribution in [-0.4, -0.2) is 31.1 Å². The Bertz CT molecular complexity index is 731. The first kappa shape index (κ1) is 15.1. The van der Waals surface area contributed by atoms with Gasteiger partial charge >= 0.3 is 0 Å². The van der Waals surface area contributed by atoms with E-state index < -0.39 is 0 Å². The molecule has 2 aliphatic rings. The summed E-state index contributed by atoms with van der Waals surface area (Å²) in [5, 5.41) is 3.24. The first-order chi connectivity index (χ1) is 11.8. The summed E-state index contributed by atoms with van der Waals surface area (Å²) < 4.78 is 5.48. The van der Waals surface area contributed by atoms with Crippen molar-refractivity contribution in [2.24, 2.45) is 0 Å². The first-order valence-corrected chi connectivity index (χ1v) is 8.53. The molecule has 0 amide bonds. The summed E-state index contributed by atoms with van der Waals surface area (Å²) in [5.41, 5.74) is 5.02. The average molecular weight is 321 g/mol. The van der Waals surface area contributed by atoms with Crippen LogP contribution < -0.4 is 15.0 Å². The standard InChI is InChI=1S/C20H23N3O/c1-16-2-5-18(6-3-16)23-11-9-22(10-12-23)15-17-4-7-20-19(14-17)21-8-13-24-20/h2-8,13-14,21H,9-12,15H2,1H3. The molecular weight excluding hydrogens is 298 g/mol. The quantitative estimate of drug-likeness (QED) is 0.935. The maximum absolute atomic E-state index is 5.48. The molecule has 0 radical (unpaired) electrons. The molecule has 1 saturated heterocycles. The lowest BCUT2D eigenvalue weighted by atomic mass is 10.1. The van der Waals surface area contributed by atoms with E-state index in [0.29, 0.717) is 0 Å². The van der Waals surface area contributed by atoms with Crippen LogP contribution in [0.2, 0.25) is 0 Å². The molecule has 1 fully saturated rings. The third-order valence-electron chi connectivity index (χ3n) is 4.72. The van der Waals surface area contributed by atoms with E-state index in [4.69, 9.17) is 4.74 Å². The van der Waals surface area contributed by atoms with Crippen LogP contribution in [0, 0.1) is 6.92 Å². The van der Waals surface area contributed by atoms with Gasteiger partial charge in [0.05, 0.1) is 5.69 Å². The van der Waals surface area contributed by atoms with Crippen LogP contribution in [0.15, 0.2) is 54.9 Å². The average Bonchev–Trinajstić information content (AvgIpc) is 2.63. The Labute approximate surface area is 143 Å². The van der Waals surface area contributed by atoms with Crippen LogP contribution in [0.5, 0.6) is 5.75 Å². The molecule has 0 spiro atoms. The molecule has 0 unspecified atom stereocenters.